The van der Waals surface area contributed by atoms with Gasteiger partial charge in [-0.2, -0.15) is 0 Å². The number of amides is 1. The van der Waals surface area contributed by atoms with Gasteiger partial charge in [0.05, 0.1) is 0 Å². The average Bonchev–Trinajstić information content (AvgIpc) is 2.35. The summed E-state index contributed by atoms with van der Waals surface area (Å²) in [6, 6.07) is 0. The van der Waals surface area contributed by atoms with Gasteiger partial charge in [-0.15, -0.1) is 0 Å². The highest BCUT2D eigenvalue weighted by Gasteiger charge is 2.33. The molecule has 1 aliphatic heterocycles. The molecular formula is C15H29NO2. The predicted molar refractivity (Wildman–Crippen MR) is 74.2 cm³/mol. The Morgan fingerprint density at radius 3 is 2.22 bits per heavy atom. The van der Waals surface area contributed by atoms with Crippen LogP contribution in [0.15, 0.2) is 0 Å². The maximum absolute atomic E-state index is 11.9. The van der Waals surface area contributed by atoms with Gasteiger partial charge in [0, 0.05) is 13.1 Å². The number of piperidine rings is 1. The van der Waals surface area contributed by atoms with Crippen molar-refractivity contribution in [3.8, 4) is 0 Å². The van der Waals surface area contributed by atoms with Gasteiger partial charge in [0.25, 0.3) is 5.91 Å². The Balaban J connectivity index is 2.49. The molecule has 0 radical (unpaired) electrons. The van der Waals surface area contributed by atoms with Crippen molar-refractivity contribution in [3.05, 3.63) is 0 Å². The first-order chi connectivity index (χ1) is 8.27. The van der Waals surface area contributed by atoms with Gasteiger partial charge in [0.15, 0.2) is 0 Å². The third-order valence-corrected chi connectivity index (χ3v) is 4.60. The normalized spacial score (nSPS) is 21.8. The SMILES string of the molecule is CC[C@@H](O)C(=O)N1CCC([C@@H](C)C(C)(C)C)CC1. The fourth-order valence-corrected chi connectivity index (χ4v) is 2.71. The molecule has 0 aromatic carbocycles. The van der Waals surface area contributed by atoms with Crippen molar-refractivity contribution in [3.63, 3.8) is 0 Å². The Bertz CT molecular complexity index is 275. The fourth-order valence-electron chi connectivity index (χ4n) is 2.71. The van der Waals surface area contributed by atoms with Gasteiger partial charge in [0.1, 0.15) is 6.10 Å². The van der Waals surface area contributed by atoms with Gasteiger partial charge in [0.2, 0.25) is 0 Å². The number of aliphatic hydroxyl groups excluding tert-OH is 1. The molecule has 1 amide bonds. The maximum Gasteiger partial charge on any atom is 0.251 e. The summed E-state index contributed by atoms with van der Waals surface area (Å²) >= 11 is 0. The second kappa shape index (κ2) is 6.05. The van der Waals surface area contributed by atoms with E-state index in [0.29, 0.717) is 23.7 Å². The van der Waals surface area contributed by atoms with E-state index in [-0.39, 0.29) is 5.91 Å². The maximum atomic E-state index is 11.9. The van der Waals surface area contributed by atoms with Crippen LogP contribution in [0.3, 0.4) is 0 Å². The van der Waals surface area contributed by atoms with Crippen molar-refractivity contribution in [2.75, 3.05) is 13.1 Å². The second-order valence-electron chi connectivity index (χ2n) is 6.74. The molecule has 1 aliphatic rings. The quantitative estimate of drug-likeness (QED) is 0.842. The predicted octanol–water partition coefficient (Wildman–Crippen LogP) is 2.68. The lowest BCUT2D eigenvalue weighted by Crippen LogP contribution is -2.45. The first-order valence-electron chi connectivity index (χ1n) is 7.24. The lowest BCUT2D eigenvalue weighted by Gasteiger charge is -2.40. The van der Waals surface area contributed by atoms with Crippen LogP contribution in [0, 0.1) is 17.3 Å². The molecule has 3 nitrogen and oxygen atoms in total. The summed E-state index contributed by atoms with van der Waals surface area (Å²) < 4.78 is 0. The molecular weight excluding hydrogens is 226 g/mol. The van der Waals surface area contributed by atoms with E-state index < -0.39 is 6.10 Å². The highest BCUT2D eigenvalue weighted by Crippen LogP contribution is 2.37. The zero-order chi connectivity index (χ0) is 13.9. The van der Waals surface area contributed by atoms with Gasteiger partial charge in [-0.05, 0) is 36.5 Å². The lowest BCUT2D eigenvalue weighted by atomic mass is 9.71. The molecule has 0 aromatic rings. The monoisotopic (exact) mass is 255 g/mol. The van der Waals surface area contributed by atoms with Crippen LogP contribution in [0.2, 0.25) is 0 Å². The Labute approximate surface area is 112 Å². The minimum Gasteiger partial charge on any atom is -0.383 e. The van der Waals surface area contributed by atoms with Crippen LogP contribution in [-0.4, -0.2) is 35.1 Å². The van der Waals surface area contributed by atoms with E-state index in [0.717, 1.165) is 25.9 Å². The number of aliphatic hydroxyl groups is 1. The van der Waals surface area contributed by atoms with Crippen LogP contribution in [0.1, 0.15) is 53.9 Å². The summed E-state index contributed by atoms with van der Waals surface area (Å²) in [5.74, 6) is 1.29. The van der Waals surface area contributed by atoms with Gasteiger partial charge in [-0.1, -0.05) is 34.6 Å². The van der Waals surface area contributed by atoms with Crippen LogP contribution in [0.25, 0.3) is 0 Å². The van der Waals surface area contributed by atoms with Crippen LogP contribution >= 0.6 is 0 Å². The molecule has 2 atom stereocenters. The van der Waals surface area contributed by atoms with E-state index in [2.05, 4.69) is 27.7 Å². The van der Waals surface area contributed by atoms with Crippen molar-refractivity contribution < 1.29 is 9.90 Å². The Morgan fingerprint density at radius 1 is 1.33 bits per heavy atom. The van der Waals surface area contributed by atoms with Crippen molar-refractivity contribution in [1.29, 1.82) is 0 Å². The van der Waals surface area contributed by atoms with Crippen LogP contribution in [0.4, 0.5) is 0 Å². The molecule has 0 unspecified atom stereocenters. The molecule has 18 heavy (non-hydrogen) atoms. The molecule has 0 saturated carbocycles. The van der Waals surface area contributed by atoms with Gasteiger partial charge >= 0.3 is 0 Å². The minimum absolute atomic E-state index is 0.0839. The number of hydrogen-bond donors (Lipinski definition) is 1. The van der Waals surface area contributed by atoms with E-state index in [1.807, 2.05) is 11.8 Å². The molecule has 0 aromatic heterocycles. The topological polar surface area (TPSA) is 40.5 Å². The zero-order valence-electron chi connectivity index (χ0n) is 12.6. The molecule has 0 bridgehead atoms. The Kier molecular flexibility index (Phi) is 5.20. The molecule has 1 heterocycles. The van der Waals surface area contributed by atoms with Crippen LogP contribution < -0.4 is 0 Å². The molecule has 1 saturated heterocycles. The summed E-state index contributed by atoms with van der Waals surface area (Å²) in [6.45, 7) is 12.6. The average molecular weight is 255 g/mol. The third kappa shape index (κ3) is 3.71. The summed E-state index contributed by atoms with van der Waals surface area (Å²) in [4.78, 5) is 13.7. The molecule has 1 N–H and O–H groups in total. The summed E-state index contributed by atoms with van der Waals surface area (Å²) in [6.07, 6.45) is 1.85. The zero-order valence-corrected chi connectivity index (χ0v) is 12.6. The minimum atomic E-state index is -0.804. The van der Waals surface area contributed by atoms with Crippen molar-refractivity contribution in [2.24, 2.45) is 17.3 Å². The van der Waals surface area contributed by atoms with E-state index >= 15 is 0 Å². The fraction of sp³-hybridized carbons (Fsp3) is 0.933. The van der Waals surface area contributed by atoms with Crippen LogP contribution in [0.5, 0.6) is 0 Å². The number of carbonyl (C=O) groups excluding carboxylic acids is 1. The Morgan fingerprint density at radius 2 is 1.83 bits per heavy atom. The van der Waals surface area contributed by atoms with E-state index in [9.17, 15) is 9.90 Å². The second-order valence-corrected chi connectivity index (χ2v) is 6.74. The van der Waals surface area contributed by atoms with Gasteiger partial charge in [-0.3, -0.25) is 4.79 Å². The molecule has 1 rings (SSSR count). The highest BCUT2D eigenvalue weighted by atomic mass is 16.3. The smallest absolute Gasteiger partial charge is 0.251 e. The number of nitrogens with zero attached hydrogens (tertiary/aromatic N) is 1. The number of hydrogen-bond acceptors (Lipinski definition) is 2. The first-order valence-corrected chi connectivity index (χ1v) is 7.24. The molecule has 106 valence electrons. The number of rotatable bonds is 3. The van der Waals surface area contributed by atoms with Crippen molar-refractivity contribution >= 4 is 5.91 Å². The number of likely N-dealkylation sites (tertiary alicyclic amines) is 1. The highest BCUT2D eigenvalue weighted by molar-refractivity contribution is 5.80. The summed E-state index contributed by atoms with van der Waals surface area (Å²) in [5.41, 5.74) is 0.333. The largest absolute Gasteiger partial charge is 0.383 e. The van der Waals surface area contributed by atoms with Crippen molar-refractivity contribution in [2.45, 2.75) is 60.0 Å². The first kappa shape index (κ1) is 15.5. The third-order valence-electron chi connectivity index (χ3n) is 4.60. The van der Waals surface area contributed by atoms with E-state index in [4.69, 9.17) is 0 Å². The van der Waals surface area contributed by atoms with Crippen LogP contribution in [-0.2, 0) is 4.79 Å². The van der Waals surface area contributed by atoms with E-state index in [1.165, 1.54) is 0 Å². The summed E-state index contributed by atoms with van der Waals surface area (Å²) in [7, 11) is 0. The lowest BCUT2D eigenvalue weighted by molar-refractivity contribution is -0.142. The molecule has 1 fully saturated rings. The number of carbonyl (C=O) groups is 1. The van der Waals surface area contributed by atoms with Gasteiger partial charge < -0.3 is 10.0 Å². The Hall–Kier alpha value is -0.570. The molecule has 3 heteroatoms. The standard InChI is InChI=1S/C15H29NO2/c1-6-13(17)14(18)16-9-7-12(8-10-16)11(2)15(3,4)5/h11-13,17H,6-10H2,1-5H3/t11-,13-/m1/s1. The van der Waals surface area contributed by atoms with Gasteiger partial charge in [-0.25, -0.2) is 0 Å². The summed E-state index contributed by atoms with van der Waals surface area (Å²) in [5, 5.41) is 9.59. The molecule has 0 aliphatic carbocycles. The van der Waals surface area contributed by atoms with Crippen molar-refractivity contribution in [1.82, 2.24) is 4.90 Å². The van der Waals surface area contributed by atoms with E-state index in [1.54, 1.807) is 0 Å². The molecule has 0 spiro atoms.